The van der Waals surface area contributed by atoms with Gasteiger partial charge in [0, 0.05) is 10.4 Å². The first-order chi connectivity index (χ1) is 11.8. The number of ketones is 1. The summed E-state index contributed by atoms with van der Waals surface area (Å²) in [4.78, 5) is 26.2. The summed E-state index contributed by atoms with van der Waals surface area (Å²) in [6.45, 7) is 3.61. The van der Waals surface area contributed by atoms with Gasteiger partial charge in [0.1, 0.15) is 4.88 Å². The molecule has 0 saturated carbocycles. The van der Waals surface area contributed by atoms with E-state index >= 15 is 0 Å². The number of benzene rings is 1. The van der Waals surface area contributed by atoms with Crippen LogP contribution in [0.2, 0.25) is 0 Å². The van der Waals surface area contributed by atoms with Crippen LogP contribution in [0.5, 0.6) is 0 Å². The lowest BCUT2D eigenvalue weighted by molar-refractivity contribution is 0.0323. The summed E-state index contributed by atoms with van der Waals surface area (Å²) < 4.78 is 31.5. The van der Waals surface area contributed by atoms with Gasteiger partial charge in [-0.1, -0.05) is 6.92 Å². The fraction of sp³-hybridized carbons (Fsp3) is 0.368. The molecule has 0 radical (unpaired) electrons. The van der Waals surface area contributed by atoms with Crippen molar-refractivity contribution >= 4 is 23.1 Å². The molecule has 3 rings (SSSR count). The molecular formula is C19H18F2O3S. The van der Waals surface area contributed by atoms with Gasteiger partial charge in [-0.05, 0) is 61.9 Å². The second-order valence-electron chi connectivity index (χ2n) is 6.45. The van der Waals surface area contributed by atoms with E-state index in [0.29, 0.717) is 10.8 Å². The number of hydrogen-bond donors (Lipinski definition) is 0. The summed E-state index contributed by atoms with van der Waals surface area (Å²) in [7, 11) is 0. The Balaban J connectivity index is 1.70. The number of ether oxygens (including phenoxy) is 1. The fourth-order valence-electron chi connectivity index (χ4n) is 2.96. The van der Waals surface area contributed by atoms with E-state index < -0.39 is 29.5 Å². The molecule has 1 aromatic heterocycles. The van der Waals surface area contributed by atoms with E-state index in [-0.39, 0.29) is 5.56 Å². The van der Waals surface area contributed by atoms with E-state index in [1.54, 1.807) is 0 Å². The summed E-state index contributed by atoms with van der Waals surface area (Å²) in [6.07, 6.45) is 1.93. The lowest BCUT2D eigenvalue weighted by atomic mass is 9.90. The van der Waals surface area contributed by atoms with E-state index in [1.165, 1.54) is 34.8 Å². The van der Waals surface area contributed by atoms with Crippen molar-refractivity contribution in [2.24, 2.45) is 5.92 Å². The Morgan fingerprint density at radius 3 is 2.72 bits per heavy atom. The van der Waals surface area contributed by atoms with Crippen LogP contribution in [0.1, 0.15) is 50.7 Å². The van der Waals surface area contributed by atoms with Crippen LogP contribution in [0.4, 0.5) is 8.78 Å². The molecule has 132 valence electrons. The maximum absolute atomic E-state index is 13.3. The molecule has 0 aliphatic heterocycles. The molecule has 1 aromatic carbocycles. The van der Waals surface area contributed by atoms with Crippen molar-refractivity contribution in [3.8, 4) is 0 Å². The van der Waals surface area contributed by atoms with Gasteiger partial charge in [0.05, 0.1) is 0 Å². The quantitative estimate of drug-likeness (QED) is 0.589. The topological polar surface area (TPSA) is 43.4 Å². The van der Waals surface area contributed by atoms with Crippen LogP contribution in [0.25, 0.3) is 0 Å². The van der Waals surface area contributed by atoms with E-state index in [2.05, 4.69) is 6.92 Å². The zero-order valence-electron chi connectivity index (χ0n) is 14.0. The van der Waals surface area contributed by atoms with Crippen molar-refractivity contribution in [3.05, 3.63) is 56.8 Å². The highest BCUT2D eigenvalue weighted by Crippen LogP contribution is 2.32. The Morgan fingerprint density at radius 2 is 2.00 bits per heavy atom. The maximum atomic E-state index is 13.3. The highest BCUT2D eigenvalue weighted by molar-refractivity contribution is 7.14. The predicted molar refractivity (Wildman–Crippen MR) is 91.1 cm³/mol. The molecule has 0 saturated heterocycles. The van der Waals surface area contributed by atoms with Crippen LogP contribution in [-0.4, -0.2) is 17.9 Å². The number of carbonyl (C=O) groups excluding carboxylic acids is 2. The van der Waals surface area contributed by atoms with E-state index in [9.17, 15) is 18.4 Å². The fourth-order valence-corrected chi connectivity index (χ4v) is 4.05. The number of thiophene rings is 1. The summed E-state index contributed by atoms with van der Waals surface area (Å²) in [5.74, 6) is -2.67. The molecule has 1 aliphatic carbocycles. The van der Waals surface area contributed by atoms with Crippen LogP contribution in [0.15, 0.2) is 24.3 Å². The van der Waals surface area contributed by atoms with Crippen molar-refractivity contribution in [3.63, 3.8) is 0 Å². The minimum Gasteiger partial charge on any atom is -0.450 e. The maximum Gasteiger partial charge on any atom is 0.349 e. The number of fused-ring (bicyclic) bond motifs is 1. The Hall–Kier alpha value is -2.08. The third-order valence-corrected chi connectivity index (χ3v) is 5.60. The van der Waals surface area contributed by atoms with Crippen molar-refractivity contribution in [2.75, 3.05) is 0 Å². The normalized spacial score (nSPS) is 17.7. The monoisotopic (exact) mass is 364 g/mol. The van der Waals surface area contributed by atoms with E-state index in [1.807, 2.05) is 6.07 Å². The van der Waals surface area contributed by atoms with Crippen molar-refractivity contribution in [1.82, 2.24) is 0 Å². The van der Waals surface area contributed by atoms with Gasteiger partial charge in [0.2, 0.25) is 5.78 Å². The molecular weight excluding hydrogens is 346 g/mol. The third kappa shape index (κ3) is 3.79. The molecule has 0 unspecified atom stereocenters. The molecule has 2 aromatic rings. The standard InChI is InChI=1S/C19H18F2O3S/c1-10-3-6-16-13(7-10)9-17(25-16)19(23)24-11(2)18(22)12-4-5-14(20)15(21)8-12/h4-5,8-11H,3,6-7H2,1-2H3/t10-,11-/m1/s1. The molecule has 0 spiro atoms. The van der Waals surface area contributed by atoms with Gasteiger partial charge in [0.15, 0.2) is 17.7 Å². The Bertz CT molecular complexity index is 828. The summed E-state index contributed by atoms with van der Waals surface area (Å²) in [5, 5.41) is 0. The van der Waals surface area contributed by atoms with Gasteiger partial charge in [-0.15, -0.1) is 11.3 Å². The van der Waals surface area contributed by atoms with Crippen LogP contribution < -0.4 is 0 Å². The van der Waals surface area contributed by atoms with Gasteiger partial charge in [-0.3, -0.25) is 4.79 Å². The highest BCUT2D eigenvalue weighted by atomic mass is 32.1. The number of hydrogen-bond acceptors (Lipinski definition) is 4. The number of rotatable bonds is 4. The molecule has 6 heteroatoms. The van der Waals surface area contributed by atoms with Gasteiger partial charge in [-0.2, -0.15) is 0 Å². The molecule has 0 N–H and O–H groups in total. The Morgan fingerprint density at radius 1 is 1.24 bits per heavy atom. The molecule has 0 bridgehead atoms. The van der Waals surface area contributed by atoms with Crippen LogP contribution in [-0.2, 0) is 17.6 Å². The molecule has 0 amide bonds. The lowest BCUT2D eigenvalue weighted by Gasteiger charge is -2.16. The Kier molecular flexibility index (Phi) is 4.99. The average molecular weight is 364 g/mol. The van der Waals surface area contributed by atoms with Crippen molar-refractivity contribution < 1.29 is 23.1 Å². The number of esters is 1. The van der Waals surface area contributed by atoms with E-state index in [4.69, 9.17) is 4.74 Å². The largest absolute Gasteiger partial charge is 0.450 e. The van der Waals surface area contributed by atoms with Crippen LogP contribution in [0, 0.1) is 17.6 Å². The first kappa shape index (κ1) is 17.7. The second-order valence-corrected chi connectivity index (χ2v) is 7.58. The van der Waals surface area contributed by atoms with Gasteiger partial charge < -0.3 is 4.74 Å². The predicted octanol–water partition coefficient (Wildman–Crippen LogP) is 4.58. The van der Waals surface area contributed by atoms with Gasteiger partial charge >= 0.3 is 5.97 Å². The number of halogens is 2. The summed E-state index contributed by atoms with van der Waals surface area (Å²) in [5.41, 5.74) is 1.15. The minimum absolute atomic E-state index is 0.0292. The smallest absolute Gasteiger partial charge is 0.349 e. The number of Topliss-reactive ketones (excluding diaryl/α,β-unsaturated/α-hetero) is 1. The second kappa shape index (κ2) is 7.04. The molecule has 3 nitrogen and oxygen atoms in total. The highest BCUT2D eigenvalue weighted by Gasteiger charge is 2.25. The first-order valence-corrected chi connectivity index (χ1v) is 8.98. The van der Waals surface area contributed by atoms with Gasteiger partial charge in [-0.25, -0.2) is 13.6 Å². The molecule has 1 aliphatic rings. The number of carbonyl (C=O) groups is 2. The zero-order valence-corrected chi connectivity index (χ0v) is 14.8. The molecule has 1 heterocycles. The first-order valence-electron chi connectivity index (χ1n) is 8.17. The van der Waals surface area contributed by atoms with Crippen LogP contribution >= 0.6 is 11.3 Å². The summed E-state index contributed by atoms with van der Waals surface area (Å²) >= 11 is 1.40. The lowest BCUT2D eigenvalue weighted by Crippen LogP contribution is -2.24. The SMILES string of the molecule is C[C@@H]1CCc2sc(C(=O)O[C@H](C)C(=O)c3ccc(F)c(F)c3)cc2C1. The molecule has 0 fully saturated rings. The Labute approximate surface area is 148 Å². The third-order valence-electron chi connectivity index (χ3n) is 4.39. The van der Waals surface area contributed by atoms with E-state index in [0.717, 1.165) is 31.4 Å². The number of aryl methyl sites for hydroxylation is 1. The molecule has 2 atom stereocenters. The molecule has 25 heavy (non-hydrogen) atoms. The van der Waals surface area contributed by atoms with Crippen molar-refractivity contribution in [1.29, 1.82) is 0 Å². The summed E-state index contributed by atoms with van der Waals surface area (Å²) in [6, 6.07) is 4.71. The van der Waals surface area contributed by atoms with Gasteiger partial charge in [0.25, 0.3) is 0 Å². The van der Waals surface area contributed by atoms with Crippen molar-refractivity contribution in [2.45, 2.75) is 39.2 Å². The average Bonchev–Trinajstić information content (AvgIpc) is 2.99. The van der Waals surface area contributed by atoms with Crippen LogP contribution in [0.3, 0.4) is 0 Å². The zero-order chi connectivity index (χ0) is 18.1. The minimum atomic E-state index is -1.11.